The molecule has 1 saturated heterocycles. The smallest absolute Gasteiger partial charge is 0.242 e. The Labute approximate surface area is 167 Å². The van der Waals surface area contributed by atoms with Gasteiger partial charge in [-0.25, -0.2) is 13.1 Å². The van der Waals surface area contributed by atoms with Gasteiger partial charge in [0, 0.05) is 52.7 Å². The number of likely N-dealkylation sites (tertiary alicyclic amines) is 1. The Morgan fingerprint density at radius 2 is 2.08 bits per heavy atom. The molecule has 0 radical (unpaired) electrons. The van der Waals surface area contributed by atoms with Crippen LogP contribution in [0.25, 0.3) is 0 Å². The third-order valence-corrected chi connectivity index (χ3v) is 6.63. The largest absolute Gasteiger partial charge is 0.356 e. The normalized spacial score (nSPS) is 19.6. The van der Waals surface area contributed by atoms with E-state index in [4.69, 9.17) is 0 Å². The van der Waals surface area contributed by atoms with Crippen molar-refractivity contribution in [2.75, 3.05) is 33.2 Å². The molecule has 1 aromatic heterocycles. The highest BCUT2D eigenvalue weighted by Crippen LogP contribution is 2.47. The van der Waals surface area contributed by atoms with Gasteiger partial charge in [0.25, 0.3) is 0 Å². The topological polar surface area (TPSA) is 78.7 Å². The van der Waals surface area contributed by atoms with Gasteiger partial charge in [0.15, 0.2) is 5.96 Å². The molecule has 0 atom stereocenters. The first-order chi connectivity index (χ1) is 11.4. The fraction of sp³-hybridized carbons (Fsp3) is 0.688. The molecule has 1 aliphatic heterocycles. The van der Waals surface area contributed by atoms with E-state index in [0.717, 1.165) is 19.0 Å². The van der Waals surface area contributed by atoms with E-state index in [2.05, 4.69) is 19.9 Å². The van der Waals surface area contributed by atoms with Crippen LogP contribution in [0.2, 0.25) is 0 Å². The summed E-state index contributed by atoms with van der Waals surface area (Å²) in [7, 11) is 0.140. The minimum atomic E-state index is -3.44. The Morgan fingerprint density at radius 3 is 2.60 bits per heavy atom. The van der Waals surface area contributed by atoms with Gasteiger partial charge in [0.1, 0.15) is 0 Å². The summed E-state index contributed by atoms with van der Waals surface area (Å²) in [5, 5.41) is 3.27. The quantitative estimate of drug-likeness (QED) is 0.288. The maximum atomic E-state index is 12.2. The SMILES string of the molecule is CN=C(NCCNS(=O)(=O)c1ccn(C)c1)N1CCC2(CCC2)C1.I. The lowest BCUT2D eigenvalue weighted by Gasteiger charge is -2.38. The summed E-state index contributed by atoms with van der Waals surface area (Å²) in [6, 6.07) is 1.59. The number of halogens is 1. The van der Waals surface area contributed by atoms with Crippen LogP contribution < -0.4 is 10.0 Å². The molecule has 1 aliphatic carbocycles. The van der Waals surface area contributed by atoms with Gasteiger partial charge in [-0.2, -0.15) is 0 Å². The van der Waals surface area contributed by atoms with Crippen molar-refractivity contribution in [3.05, 3.63) is 18.5 Å². The van der Waals surface area contributed by atoms with Crippen molar-refractivity contribution in [2.24, 2.45) is 17.5 Å². The zero-order valence-corrected chi connectivity index (χ0v) is 18.0. The second-order valence-electron chi connectivity index (χ2n) is 6.91. The monoisotopic (exact) mass is 481 g/mol. The Bertz CT molecular complexity index is 712. The first kappa shape index (κ1) is 20.5. The standard InChI is InChI=1S/C16H27N5O2S.HI/c1-17-15(21-11-7-16(13-21)5-3-6-16)18-8-9-19-24(22,23)14-4-10-20(2)12-14;/h4,10,12,19H,3,5-9,11,13H2,1-2H3,(H,17,18);1H. The highest BCUT2D eigenvalue weighted by atomic mass is 127. The molecular weight excluding hydrogens is 453 g/mol. The maximum absolute atomic E-state index is 12.2. The number of nitrogens with zero attached hydrogens (tertiary/aromatic N) is 3. The molecule has 1 spiro atoms. The molecule has 2 N–H and O–H groups in total. The number of aromatic nitrogens is 1. The Kier molecular flexibility index (Phi) is 6.77. The van der Waals surface area contributed by atoms with Crippen LogP contribution in [-0.2, 0) is 17.1 Å². The highest BCUT2D eigenvalue weighted by Gasteiger charge is 2.43. The average molecular weight is 481 g/mol. The Balaban J connectivity index is 0.00000225. The molecule has 0 amide bonds. The molecule has 142 valence electrons. The van der Waals surface area contributed by atoms with Crippen LogP contribution in [0.3, 0.4) is 0 Å². The molecule has 2 heterocycles. The minimum absolute atomic E-state index is 0. The van der Waals surface area contributed by atoms with E-state index in [1.807, 2.05) is 0 Å². The highest BCUT2D eigenvalue weighted by molar-refractivity contribution is 14.0. The fourth-order valence-corrected chi connectivity index (χ4v) is 4.70. The van der Waals surface area contributed by atoms with Crippen LogP contribution >= 0.6 is 24.0 Å². The lowest BCUT2D eigenvalue weighted by Crippen LogP contribution is -2.44. The van der Waals surface area contributed by atoms with Crippen molar-refractivity contribution in [1.29, 1.82) is 0 Å². The predicted molar refractivity (Wildman–Crippen MR) is 110 cm³/mol. The summed E-state index contributed by atoms with van der Waals surface area (Å²) in [5.41, 5.74) is 0.520. The molecule has 25 heavy (non-hydrogen) atoms. The summed E-state index contributed by atoms with van der Waals surface area (Å²) < 4.78 is 28.7. The van der Waals surface area contributed by atoms with Crippen molar-refractivity contribution >= 4 is 40.0 Å². The second-order valence-corrected chi connectivity index (χ2v) is 8.68. The number of aryl methyl sites for hydroxylation is 1. The van der Waals surface area contributed by atoms with E-state index in [9.17, 15) is 8.42 Å². The molecule has 7 nitrogen and oxygen atoms in total. The van der Waals surface area contributed by atoms with Gasteiger partial charge >= 0.3 is 0 Å². The van der Waals surface area contributed by atoms with E-state index in [1.54, 1.807) is 37.1 Å². The molecule has 2 fully saturated rings. The maximum Gasteiger partial charge on any atom is 0.242 e. The van der Waals surface area contributed by atoms with Crippen LogP contribution in [0.15, 0.2) is 28.3 Å². The first-order valence-corrected chi connectivity index (χ1v) is 10.00. The van der Waals surface area contributed by atoms with E-state index in [0.29, 0.717) is 23.4 Å². The van der Waals surface area contributed by atoms with Crippen molar-refractivity contribution in [3.63, 3.8) is 0 Å². The summed E-state index contributed by atoms with van der Waals surface area (Å²) >= 11 is 0. The molecule has 1 aromatic rings. The summed E-state index contributed by atoms with van der Waals surface area (Å²) in [5.74, 6) is 0.873. The minimum Gasteiger partial charge on any atom is -0.356 e. The van der Waals surface area contributed by atoms with Crippen molar-refractivity contribution in [2.45, 2.75) is 30.6 Å². The Morgan fingerprint density at radius 1 is 1.32 bits per heavy atom. The van der Waals surface area contributed by atoms with E-state index in [-0.39, 0.29) is 24.0 Å². The first-order valence-electron chi connectivity index (χ1n) is 8.51. The number of guanidine groups is 1. The summed E-state index contributed by atoms with van der Waals surface area (Å²) in [6.45, 7) is 2.95. The van der Waals surface area contributed by atoms with Gasteiger partial charge in [-0.3, -0.25) is 4.99 Å². The zero-order chi connectivity index (χ0) is 17.2. The zero-order valence-electron chi connectivity index (χ0n) is 14.9. The molecular formula is C16H28IN5O2S. The van der Waals surface area contributed by atoms with Gasteiger partial charge < -0.3 is 14.8 Å². The van der Waals surface area contributed by atoms with Gasteiger partial charge in [-0.15, -0.1) is 24.0 Å². The number of hydrogen-bond donors (Lipinski definition) is 2. The second kappa shape index (κ2) is 8.26. The van der Waals surface area contributed by atoms with Gasteiger partial charge in [0.2, 0.25) is 10.0 Å². The summed E-state index contributed by atoms with van der Waals surface area (Å²) in [6.07, 6.45) is 8.57. The lowest BCUT2D eigenvalue weighted by molar-refractivity contribution is 0.151. The van der Waals surface area contributed by atoms with Crippen LogP contribution in [0.1, 0.15) is 25.7 Å². The lowest BCUT2D eigenvalue weighted by atomic mass is 9.68. The molecule has 0 aromatic carbocycles. The van der Waals surface area contributed by atoms with E-state index < -0.39 is 10.0 Å². The third-order valence-electron chi connectivity index (χ3n) is 5.18. The Hall–Kier alpha value is -0.810. The van der Waals surface area contributed by atoms with E-state index >= 15 is 0 Å². The molecule has 2 aliphatic rings. The van der Waals surface area contributed by atoms with E-state index in [1.165, 1.54) is 25.7 Å². The molecule has 3 rings (SSSR count). The number of rotatable bonds is 5. The van der Waals surface area contributed by atoms with Crippen LogP contribution in [0.4, 0.5) is 0 Å². The number of aliphatic imine (C=N–C) groups is 1. The molecule has 9 heteroatoms. The number of hydrogen-bond acceptors (Lipinski definition) is 3. The number of nitrogens with one attached hydrogen (secondary N) is 2. The molecule has 1 saturated carbocycles. The van der Waals surface area contributed by atoms with Gasteiger partial charge in [-0.05, 0) is 30.7 Å². The van der Waals surface area contributed by atoms with Crippen molar-refractivity contribution in [1.82, 2.24) is 19.5 Å². The van der Waals surface area contributed by atoms with Crippen LogP contribution in [0.5, 0.6) is 0 Å². The summed E-state index contributed by atoms with van der Waals surface area (Å²) in [4.78, 5) is 6.93. The third kappa shape index (κ3) is 4.68. The van der Waals surface area contributed by atoms with Crippen molar-refractivity contribution < 1.29 is 8.42 Å². The predicted octanol–water partition coefficient (Wildman–Crippen LogP) is 1.37. The van der Waals surface area contributed by atoms with Gasteiger partial charge in [-0.1, -0.05) is 6.42 Å². The number of sulfonamides is 1. The average Bonchev–Trinajstić information content (AvgIpc) is 3.14. The van der Waals surface area contributed by atoms with Crippen molar-refractivity contribution in [3.8, 4) is 0 Å². The molecule has 0 bridgehead atoms. The fourth-order valence-electron chi connectivity index (χ4n) is 3.61. The van der Waals surface area contributed by atoms with Gasteiger partial charge in [0.05, 0.1) is 4.90 Å². The van der Waals surface area contributed by atoms with Crippen LogP contribution in [0, 0.1) is 5.41 Å². The molecule has 0 unspecified atom stereocenters. The van der Waals surface area contributed by atoms with Crippen LogP contribution in [-0.4, -0.2) is 57.1 Å².